The lowest BCUT2D eigenvalue weighted by Crippen LogP contribution is -2.31. The van der Waals surface area contributed by atoms with Gasteiger partial charge in [0.05, 0.1) is 6.61 Å². The van der Waals surface area contributed by atoms with Crippen molar-refractivity contribution in [3.63, 3.8) is 0 Å². The molecule has 57 valence electrons. The molecule has 1 fully saturated rings. The Morgan fingerprint density at radius 3 is 2.60 bits per heavy atom. The summed E-state index contributed by atoms with van der Waals surface area (Å²) in [6.45, 7) is 1.61. The molecule has 4 nitrogen and oxygen atoms in total. The fourth-order valence-electron chi connectivity index (χ4n) is 1.02. The molecule has 0 unspecified atom stereocenters. The van der Waals surface area contributed by atoms with Crippen molar-refractivity contribution in [1.82, 2.24) is 9.80 Å². The Bertz CT molecular complexity index is 136. The molecule has 0 atom stereocenters. The van der Waals surface area contributed by atoms with Gasteiger partial charge in [0, 0.05) is 26.7 Å². The topological polar surface area (TPSA) is 43.5 Å². The molecular formula is C6H11N2O2. The fraction of sp³-hybridized carbons (Fsp3) is 0.833. The fourth-order valence-corrected chi connectivity index (χ4v) is 1.02. The summed E-state index contributed by atoms with van der Waals surface area (Å²) in [6, 6.07) is -0.0177. The molecule has 0 aromatic carbocycles. The highest BCUT2D eigenvalue weighted by atomic mass is 16.3. The number of likely N-dealkylation sites (N-methyl/N-ethyl adjacent to an activating group) is 1. The third kappa shape index (κ3) is 1.21. The maximum Gasteiger partial charge on any atom is 0.319 e. The summed E-state index contributed by atoms with van der Waals surface area (Å²) in [6.07, 6.45) is 0. The van der Waals surface area contributed by atoms with Crippen molar-refractivity contribution >= 4 is 6.03 Å². The molecular weight excluding hydrogens is 132 g/mol. The lowest BCUT2D eigenvalue weighted by Gasteiger charge is -2.12. The standard InChI is InChI=1S/C6H11N2O2/c1-7-2-3-8(4-5-9)6(7)10/h2-5H2,1H3. The van der Waals surface area contributed by atoms with Crippen molar-refractivity contribution in [1.29, 1.82) is 0 Å². The largest absolute Gasteiger partial charge is 0.326 e. The quantitative estimate of drug-likeness (QED) is 0.527. The van der Waals surface area contributed by atoms with Gasteiger partial charge in [-0.1, -0.05) is 0 Å². The SMILES string of the molecule is CN1CCN(CC[O])C1=O. The number of hydrogen-bond donors (Lipinski definition) is 0. The minimum atomic E-state index is -0.195. The Morgan fingerprint density at radius 1 is 1.50 bits per heavy atom. The van der Waals surface area contributed by atoms with Crippen LogP contribution in [0.25, 0.3) is 0 Å². The highest BCUT2D eigenvalue weighted by Crippen LogP contribution is 2.03. The van der Waals surface area contributed by atoms with Gasteiger partial charge in [-0.15, -0.1) is 0 Å². The van der Waals surface area contributed by atoms with Gasteiger partial charge in [0.15, 0.2) is 0 Å². The average Bonchev–Trinajstić information content (AvgIpc) is 2.20. The first-order valence-corrected chi connectivity index (χ1v) is 3.34. The van der Waals surface area contributed by atoms with Crippen LogP contribution in [-0.4, -0.2) is 49.1 Å². The second-order valence-electron chi connectivity index (χ2n) is 2.40. The maximum atomic E-state index is 11.0. The summed E-state index contributed by atoms with van der Waals surface area (Å²) in [7, 11) is 1.74. The molecule has 0 N–H and O–H groups in total. The van der Waals surface area contributed by atoms with Gasteiger partial charge in [0.1, 0.15) is 0 Å². The van der Waals surface area contributed by atoms with E-state index in [2.05, 4.69) is 0 Å². The minimum Gasteiger partial charge on any atom is -0.326 e. The number of amides is 2. The smallest absolute Gasteiger partial charge is 0.319 e. The van der Waals surface area contributed by atoms with E-state index in [0.717, 1.165) is 6.54 Å². The van der Waals surface area contributed by atoms with Crippen molar-refractivity contribution in [3.8, 4) is 0 Å². The highest BCUT2D eigenvalue weighted by molar-refractivity contribution is 5.76. The molecule has 0 bridgehead atoms. The number of rotatable bonds is 2. The summed E-state index contributed by atoms with van der Waals surface area (Å²) in [4.78, 5) is 14.2. The molecule has 1 rings (SSSR count). The Hall–Kier alpha value is -0.770. The van der Waals surface area contributed by atoms with E-state index in [-0.39, 0.29) is 12.6 Å². The highest BCUT2D eigenvalue weighted by Gasteiger charge is 2.23. The van der Waals surface area contributed by atoms with Gasteiger partial charge in [-0.25, -0.2) is 9.90 Å². The first kappa shape index (κ1) is 7.34. The van der Waals surface area contributed by atoms with Crippen molar-refractivity contribution in [2.45, 2.75) is 0 Å². The predicted octanol–water partition coefficient (Wildman–Crippen LogP) is -0.216. The zero-order valence-electron chi connectivity index (χ0n) is 6.04. The van der Waals surface area contributed by atoms with Crippen molar-refractivity contribution in [2.75, 3.05) is 33.3 Å². The Labute approximate surface area is 60.0 Å². The van der Waals surface area contributed by atoms with Crippen LogP contribution in [0.15, 0.2) is 0 Å². The van der Waals surface area contributed by atoms with E-state index < -0.39 is 0 Å². The van der Waals surface area contributed by atoms with Gasteiger partial charge in [-0.05, 0) is 0 Å². The predicted molar refractivity (Wildman–Crippen MR) is 35.2 cm³/mol. The van der Waals surface area contributed by atoms with Gasteiger partial charge in [0.2, 0.25) is 0 Å². The number of hydrogen-bond acceptors (Lipinski definition) is 1. The van der Waals surface area contributed by atoms with Crippen LogP contribution < -0.4 is 0 Å². The summed E-state index contributed by atoms with van der Waals surface area (Å²) in [5, 5.41) is 10.1. The first-order chi connectivity index (χ1) is 4.75. The van der Waals surface area contributed by atoms with Crippen molar-refractivity contribution in [2.24, 2.45) is 0 Å². The van der Waals surface area contributed by atoms with Crippen LogP contribution in [0.3, 0.4) is 0 Å². The van der Waals surface area contributed by atoms with Crippen LogP contribution in [0.2, 0.25) is 0 Å². The minimum absolute atomic E-state index is 0.0177. The van der Waals surface area contributed by atoms with E-state index >= 15 is 0 Å². The molecule has 1 radical (unpaired) electrons. The van der Waals surface area contributed by atoms with E-state index in [1.54, 1.807) is 16.8 Å². The molecule has 0 spiro atoms. The average molecular weight is 143 g/mol. The molecule has 1 saturated heterocycles. The number of urea groups is 1. The monoisotopic (exact) mass is 143 g/mol. The second-order valence-corrected chi connectivity index (χ2v) is 2.40. The molecule has 1 aliphatic rings. The van der Waals surface area contributed by atoms with Gasteiger partial charge in [-0.3, -0.25) is 0 Å². The molecule has 4 heteroatoms. The van der Waals surface area contributed by atoms with Crippen LogP contribution in [0.1, 0.15) is 0 Å². The third-order valence-electron chi connectivity index (χ3n) is 1.66. The lowest BCUT2D eigenvalue weighted by atomic mass is 10.5. The number of nitrogens with zero attached hydrogens (tertiary/aromatic N) is 2. The van der Waals surface area contributed by atoms with Crippen LogP contribution in [-0.2, 0) is 5.11 Å². The lowest BCUT2D eigenvalue weighted by molar-refractivity contribution is 0.151. The normalized spacial score (nSPS) is 18.8. The molecule has 0 aromatic rings. The van der Waals surface area contributed by atoms with E-state index in [9.17, 15) is 9.90 Å². The maximum absolute atomic E-state index is 11.0. The first-order valence-electron chi connectivity index (χ1n) is 3.34. The molecule has 0 aliphatic carbocycles. The van der Waals surface area contributed by atoms with Gasteiger partial charge in [0.25, 0.3) is 0 Å². The van der Waals surface area contributed by atoms with E-state index in [1.165, 1.54) is 0 Å². The molecule has 0 saturated carbocycles. The van der Waals surface area contributed by atoms with Gasteiger partial charge < -0.3 is 9.80 Å². The van der Waals surface area contributed by atoms with Crippen molar-refractivity contribution in [3.05, 3.63) is 0 Å². The summed E-state index contributed by atoms with van der Waals surface area (Å²) in [5.74, 6) is 0. The third-order valence-corrected chi connectivity index (χ3v) is 1.66. The van der Waals surface area contributed by atoms with E-state index in [4.69, 9.17) is 0 Å². The zero-order valence-corrected chi connectivity index (χ0v) is 6.04. The van der Waals surface area contributed by atoms with Gasteiger partial charge >= 0.3 is 6.03 Å². The van der Waals surface area contributed by atoms with E-state index in [0.29, 0.717) is 13.1 Å². The molecule has 0 aromatic heterocycles. The van der Waals surface area contributed by atoms with Gasteiger partial charge in [-0.2, -0.15) is 0 Å². The Morgan fingerprint density at radius 2 is 2.20 bits per heavy atom. The van der Waals surface area contributed by atoms with Crippen LogP contribution in [0.4, 0.5) is 4.79 Å². The molecule has 2 amide bonds. The summed E-state index contributed by atoms with van der Waals surface area (Å²) in [5.41, 5.74) is 0. The van der Waals surface area contributed by atoms with Crippen LogP contribution in [0.5, 0.6) is 0 Å². The Balaban J connectivity index is 2.41. The van der Waals surface area contributed by atoms with E-state index in [1.807, 2.05) is 0 Å². The molecule has 1 heterocycles. The summed E-state index contributed by atoms with van der Waals surface area (Å²) >= 11 is 0. The number of carbonyl (C=O) groups excluding carboxylic acids is 1. The number of carbonyl (C=O) groups is 1. The van der Waals surface area contributed by atoms with Crippen molar-refractivity contribution < 1.29 is 9.90 Å². The Kier molecular flexibility index (Phi) is 2.11. The van der Waals surface area contributed by atoms with Crippen LogP contribution >= 0.6 is 0 Å². The van der Waals surface area contributed by atoms with Crippen LogP contribution in [0, 0.1) is 0 Å². The molecule has 1 aliphatic heterocycles. The zero-order chi connectivity index (χ0) is 7.56. The molecule has 10 heavy (non-hydrogen) atoms. The second kappa shape index (κ2) is 2.88. The summed E-state index contributed by atoms with van der Waals surface area (Å²) < 4.78 is 0.